The fourth-order valence-electron chi connectivity index (χ4n) is 3.52. The molecule has 1 saturated carbocycles. The molecule has 0 radical (unpaired) electrons. The van der Waals surface area contributed by atoms with Crippen molar-refractivity contribution in [2.45, 2.75) is 58.0 Å². The normalized spacial score (nSPS) is 14.9. The molecule has 0 unspecified atom stereocenters. The molecule has 1 aliphatic carbocycles. The van der Waals surface area contributed by atoms with E-state index in [-0.39, 0.29) is 11.9 Å². The van der Waals surface area contributed by atoms with Crippen LogP contribution in [0.2, 0.25) is 0 Å². The van der Waals surface area contributed by atoms with E-state index < -0.39 is 0 Å². The number of nitrogens with zero attached hydrogens (tertiary/aromatic N) is 2. The molecule has 7 heteroatoms. The van der Waals surface area contributed by atoms with Crippen LogP contribution in [0.5, 0.6) is 11.5 Å². The van der Waals surface area contributed by atoms with Gasteiger partial charge in [-0.2, -0.15) is 0 Å². The largest absolute Gasteiger partial charge is 0.457 e. The summed E-state index contributed by atoms with van der Waals surface area (Å²) >= 11 is 1.65. The number of amides is 1. The minimum Gasteiger partial charge on any atom is -0.457 e. The maximum Gasteiger partial charge on any atom is 0.270 e. The predicted octanol–water partition coefficient (Wildman–Crippen LogP) is 5.37. The van der Waals surface area contributed by atoms with Crippen LogP contribution >= 0.6 is 11.3 Å². The Bertz CT molecular complexity index is 995. The van der Waals surface area contributed by atoms with Gasteiger partial charge in [0.15, 0.2) is 5.13 Å². The molecule has 3 aromatic rings. The van der Waals surface area contributed by atoms with E-state index >= 15 is 0 Å². The van der Waals surface area contributed by atoms with Crippen molar-refractivity contribution in [3.63, 3.8) is 0 Å². The summed E-state index contributed by atoms with van der Waals surface area (Å²) in [7, 11) is 0. The van der Waals surface area contributed by atoms with Crippen LogP contribution in [0.4, 0.5) is 5.13 Å². The average molecular weight is 411 g/mol. The predicted molar refractivity (Wildman–Crippen MR) is 117 cm³/mol. The topological polar surface area (TPSA) is 76.1 Å². The van der Waals surface area contributed by atoms with Crippen LogP contribution in [0.1, 0.15) is 56.4 Å². The van der Waals surface area contributed by atoms with Crippen molar-refractivity contribution in [3.8, 4) is 11.5 Å². The molecule has 1 fully saturated rings. The number of fused-ring (bicyclic) bond motifs is 1. The third-order valence-corrected chi connectivity index (χ3v) is 5.86. The number of ether oxygens (including phenoxy) is 1. The van der Waals surface area contributed by atoms with E-state index in [1.165, 1.54) is 32.1 Å². The lowest BCUT2D eigenvalue weighted by molar-refractivity contribution is 0.0937. The molecular formula is C22H26N4O2S. The van der Waals surface area contributed by atoms with Crippen molar-refractivity contribution in [3.05, 3.63) is 42.2 Å². The number of pyridine rings is 1. The first-order chi connectivity index (χ1) is 14.1. The van der Waals surface area contributed by atoms with Crippen molar-refractivity contribution in [2.75, 3.05) is 5.32 Å². The molecule has 152 valence electrons. The second kappa shape index (κ2) is 8.78. The highest BCUT2D eigenvalue weighted by atomic mass is 32.1. The Hall–Kier alpha value is -2.67. The zero-order chi connectivity index (χ0) is 20.2. The summed E-state index contributed by atoms with van der Waals surface area (Å²) < 4.78 is 7.06. The number of hydrogen-bond acceptors (Lipinski definition) is 6. The van der Waals surface area contributed by atoms with Gasteiger partial charge in [0, 0.05) is 30.4 Å². The molecule has 1 aromatic carbocycles. The monoisotopic (exact) mass is 410 g/mol. The van der Waals surface area contributed by atoms with Gasteiger partial charge in [-0.05, 0) is 44.9 Å². The molecule has 2 heterocycles. The third kappa shape index (κ3) is 5.03. The first-order valence-corrected chi connectivity index (χ1v) is 11.0. The Morgan fingerprint density at radius 1 is 1.14 bits per heavy atom. The number of carbonyl (C=O) groups is 1. The molecule has 1 aliphatic rings. The smallest absolute Gasteiger partial charge is 0.270 e. The van der Waals surface area contributed by atoms with E-state index in [1.54, 1.807) is 29.7 Å². The molecule has 2 N–H and O–H groups in total. The number of benzene rings is 1. The Kier molecular flexibility index (Phi) is 5.94. The van der Waals surface area contributed by atoms with E-state index in [2.05, 4.69) is 15.6 Å². The number of anilines is 1. The number of aromatic nitrogens is 2. The average Bonchev–Trinajstić information content (AvgIpc) is 3.10. The van der Waals surface area contributed by atoms with Gasteiger partial charge in [0.05, 0.1) is 10.2 Å². The van der Waals surface area contributed by atoms with E-state index in [9.17, 15) is 4.79 Å². The third-order valence-electron chi connectivity index (χ3n) is 4.91. The second-order valence-corrected chi connectivity index (χ2v) is 8.77. The first-order valence-electron chi connectivity index (χ1n) is 10.2. The van der Waals surface area contributed by atoms with Gasteiger partial charge in [-0.25, -0.2) is 4.98 Å². The molecule has 6 nitrogen and oxygen atoms in total. The van der Waals surface area contributed by atoms with Crippen LogP contribution in [0, 0.1) is 0 Å². The lowest BCUT2D eigenvalue weighted by Gasteiger charge is -2.22. The Balaban J connectivity index is 1.47. The van der Waals surface area contributed by atoms with Gasteiger partial charge in [-0.15, -0.1) is 0 Å². The second-order valence-electron chi connectivity index (χ2n) is 7.73. The number of carbonyl (C=O) groups excluding carboxylic acids is 1. The van der Waals surface area contributed by atoms with Crippen LogP contribution in [-0.2, 0) is 0 Å². The Morgan fingerprint density at radius 3 is 2.72 bits per heavy atom. The molecule has 0 spiro atoms. The lowest BCUT2D eigenvalue weighted by Crippen LogP contribution is -2.30. The van der Waals surface area contributed by atoms with Crippen LogP contribution in [0.25, 0.3) is 10.2 Å². The van der Waals surface area contributed by atoms with Crippen molar-refractivity contribution < 1.29 is 9.53 Å². The van der Waals surface area contributed by atoms with Gasteiger partial charge in [-0.1, -0.05) is 30.6 Å². The minimum absolute atomic E-state index is 0.0547. The summed E-state index contributed by atoms with van der Waals surface area (Å²) in [5, 5.41) is 7.40. The summed E-state index contributed by atoms with van der Waals surface area (Å²) in [4.78, 5) is 21.0. The number of rotatable bonds is 6. The summed E-state index contributed by atoms with van der Waals surface area (Å²) in [5.41, 5.74) is 1.31. The maximum absolute atomic E-state index is 12.2. The summed E-state index contributed by atoms with van der Waals surface area (Å²) in [6, 6.07) is 9.87. The van der Waals surface area contributed by atoms with E-state index in [1.807, 2.05) is 32.0 Å². The molecule has 0 aliphatic heterocycles. The Morgan fingerprint density at radius 2 is 1.93 bits per heavy atom. The quantitative estimate of drug-likeness (QED) is 0.572. The maximum atomic E-state index is 12.2. The molecule has 0 saturated heterocycles. The van der Waals surface area contributed by atoms with Crippen molar-refractivity contribution in [1.29, 1.82) is 0 Å². The standard InChI is InChI=1S/C22H26N4O2S/c1-14(2)24-21(27)19-12-17(10-11-23-19)28-16-8-9-18-20(13-16)29-22(26-18)25-15-6-4-3-5-7-15/h8-15H,3-7H2,1-2H3,(H,24,27)(H,25,26). The molecule has 0 bridgehead atoms. The SMILES string of the molecule is CC(C)NC(=O)c1cc(Oc2ccc3nc(NC4CCCCC4)sc3c2)ccn1. The van der Waals surface area contributed by atoms with E-state index in [0.29, 0.717) is 23.2 Å². The summed E-state index contributed by atoms with van der Waals surface area (Å²) in [5.74, 6) is 1.09. The van der Waals surface area contributed by atoms with Gasteiger partial charge in [0.25, 0.3) is 5.91 Å². The fourth-order valence-corrected chi connectivity index (χ4v) is 4.49. The molecular weight excluding hydrogens is 384 g/mol. The van der Waals surface area contributed by atoms with Crippen LogP contribution < -0.4 is 15.4 Å². The summed E-state index contributed by atoms with van der Waals surface area (Å²) in [6.07, 6.45) is 7.96. The molecule has 29 heavy (non-hydrogen) atoms. The van der Waals surface area contributed by atoms with Crippen molar-refractivity contribution in [1.82, 2.24) is 15.3 Å². The van der Waals surface area contributed by atoms with Gasteiger partial charge in [0.2, 0.25) is 0 Å². The van der Waals surface area contributed by atoms with Gasteiger partial charge < -0.3 is 15.4 Å². The molecule has 0 atom stereocenters. The van der Waals surface area contributed by atoms with E-state index in [4.69, 9.17) is 9.72 Å². The highest BCUT2D eigenvalue weighted by Crippen LogP contribution is 2.32. The highest BCUT2D eigenvalue weighted by Gasteiger charge is 2.15. The minimum atomic E-state index is -0.207. The highest BCUT2D eigenvalue weighted by molar-refractivity contribution is 7.22. The van der Waals surface area contributed by atoms with Gasteiger partial charge in [-0.3, -0.25) is 9.78 Å². The fraction of sp³-hybridized carbons (Fsp3) is 0.409. The van der Waals surface area contributed by atoms with Crippen molar-refractivity contribution >= 4 is 32.6 Å². The number of thiazole rings is 1. The first kappa shape index (κ1) is 19.6. The van der Waals surface area contributed by atoms with Gasteiger partial charge in [0.1, 0.15) is 17.2 Å². The zero-order valence-corrected chi connectivity index (χ0v) is 17.6. The molecule has 4 rings (SSSR count). The number of nitrogens with one attached hydrogen (secondary N) is 2. The van der Waals surface area contributed by atoms with Crippen molar-refractivity contribution in [2.24, 2.45) is 0 Å². The van der Waals surface area contributed by atoms with Crippen LogP contribution in [0.3, 0.4) is 0 Å². The summed E-state index contributed by atoms with van der Waals surface area (Å²) in [6.45, 7) is 3.83. The van der Waals surface area contributed by atoms with Crippen LogP contribution in [-0.4, -0.2) is 28.0 Å². The van der Waals surface area contributed by atoms with E-state index in [0.717, 1.165) is 15.3 Å². The molecule has 1 amide bonds. The van der Waals surface area contributed by atoms with Gasteiger partial charge >= 0.3 is 0 Å². The zero-order valence-electron chi connectivity index (χ0n) is 16.8. The lowest BCUT2D eigenvalue weighted by atomic mass is 9.96. The van der Waals surface area contributed by atoms with Crippen LogP contribution in [0.15, 0.2) is 36.5 Å². The number of hydrogen-bond donors (Lipinski definition) is 2. The Labute approximate surface area is 174 Å². The molecule has 2 aromatic heterocycles.